The van der Waals surface area contributed by atoms with Gasteiger partial charge in [0, 0.05) is 17.2 Å². The summed E-state index contributed by atoms with van der Waals surface area (Å²) in [6.45, 7) is 5.38. The van der Waals surface area contributed by atoms with Crippen LogP contribution in [-0.2, 0) is 13.1 Å². The molecule has 0 bridgehead atoms. The first kappa shape index (κ1) is 15.1. The van der Waals surface area contributed by atoms with Gasteiger partial charge in [0.05, 0.1) is 12.2 Å². The van der Waals surface area contributed by atoms with E-state index in [1.807, 2.05) is 41.2 Å². The van der Waals surface area contributed by atoms with Crippen LogP contribution in [0, 0.1) is 0 Å². The van der Waals surface area contributed by atoms with E-state index >= 15 is 0 Å². The molecule has 108 valence electrons. The summed E-state index contributed by atoms with van der Waals surface area (Å²) < 4.78 is 8.65. The van der Waals surface area contributed by atoms with Crippen molar-refractivity contribution in [2.45, 2.75) is 26.4 Å². The number of hydrogen-bond donors (Lipinski definition) is 1. The molecule has 0 aliphatic carbocycles. The highest BCUT2D eigenvalue weighted by Gasteiger charge is 1.99. The van der Waals surface area contributed by atoms with Crippen molar-refractivity contribution in [3.63, 3.8) is 0 Å². The molecule has 0 aliphatic rings. The standard InChI is InChI=1S/C15H20BrN3O/c1-2-8-17-12-14-7-9-19(18-14)10-11-20-15-5-3-13(16)4-6-15/h3-7,9,17H,2,8,10-12H2,1H3. The molecule has 0 aliphatic heterocycles. The summed E-state index contributed by atoms with van der Waals surface area (Å²) in [6.07, 6.45) is 3.13. The summed E-state index contributed by atoms with van der Waals surface area (Å²) in [5, 5.41) is 7.83. The fourth-order valence-electron chi connectivity index (χ4n) is 1.80. The lowest BCUT2D eigenvalue weighted by Crippen LogP contribution is -2.15. The SMILES string of the molecule is CCCNCc1ccn(CCOc2ccc(Br)cc2)n1. The Morgan fingerprint density at radius 2 is 2.05 bits per heavy atom. The number of halogens is 1. The van der Waals surface area contributed by atoms with Crippen LogP contribution < -0.4 is 10.1 Å². The van der Waals surface area contributed by atoms with Crippen molar-refractivity contribution in [3.8, 4) is 5.75 Å². The highest BCUT2D eigenvalue weighted by molar-refractivity contribution is 9.10. The average molecular weight is 338 g/mol. The molecule has 0 radical (unpaired) electrons. The number of rotatable bonds is 8. The predicted molar refractivity (Wildman–Crippen MR) is 83.9 cm³/mol. The van der Waals surface area contributed by atoms with E-state index in [1.165, 1.54) is 0 Å². The van der Waals surface area contributed by atoms with E-state index < -0.39 is 0 Å². The Morgan fingerprint density at radius 1 is 1.25 bits per heavy atom. The second kappa shape index (κ2) is 8.07. The van der Waals surface area contributed by atoms with Gasteiger partial charge in [0.25, 0.3) is 0 Å². The molecule has 0 amide bonds. The number of hydrogen-bond acceptors (Lipinski definition) is 3. The van der Waals surface area contributed by atoms with E-state index in [4.69, 9.17) is 4.74 Å². The van der Waals surface area contributed by atoms with Gasteiger partial charge < -0.3 is 10.1 Å². The molecule has 0 saturated heterocycles. The molecule has 1 N–H and O–H groups in total. The fraction of sp³-hybridized carbons (Fsp3) is 0.400. The Morgan fingerprint density at radius 3 is 2.80 bits per heavy atom. The molecule has 20 heavy (non-hydrogen) atoms. The zero-order valence-corrected chi connectivity index (χ0v) is 13.3. The number of aromatic nitrogens is 2. The molecule has 1 heterocycles. The summed E-state index contributed by atoms with van der Waals surface area (Å²) in [5.74, 6) is 0.880. The minimum atomic E-state index is 0.616. The molecule has 0 atom stereocenters. The van der Waals surface area contributed by atoms with Gasteiger partial charge in [-0.05, 0) is 43.3 Å². The van der Waals surface area contributed by atoms with E-state index in [1.54, 1.807) is 0 Å². The largest absolute Gasteiger partial charge is 0.492 e. The van der Waals surface area contributed by atoms with Gasteiger partial charge in [-0.2, -0.15) is 5.10 Å². The monoisotopic (exact) mass is 337 g/mol. The highest BCUT2D eigenvalue weighted by Crippen LogP contribution is 2.15. The Labute approximate surface area is 128 Å². The first-order valence-corrected chi connectivity index (χ1v) is 7.68. The van der Waals surface area contributed by atoms with Crippen LogP contribution in [0.4, 0.5) is 0 Å². The topological polar surface area (TPSA) is 39.1 Å². The third-order valence-electron chi connectivity index (χ3n) is 2.83. The molecular formula is C15H20BrN3O. The third kappa shape index (κ3) is 4.98. The van der Waals surface area contributed by atoms with Crippen molar-refractivity contribution >= 4 is 15.9 Å². The van der Waals surface area contributed by atoms with Crippen LogP contribution in [-0.4, -0.2) is 22.9 Å². The Kier molecular flexibility index (Phi) is 6.08. The summed E-state index contributed by atoms with van der Waals surface area (Å²) in [5.41, 5.74) is 1.07. The van der Waals surface area contributed by atoms with Crippen LogP contribution >= 0.6 is 15.9 Å². The van der Waals surface area contributed by atoms with Gasteiger partial charge in [-0.1, -0.05) is 22.9 Å². The van der Waals surface area contributed by atoms with Crippen molar-refractivity contribution < 1.29 is 4.74 Å². The summed E-state index contributed by atoms with van der Waals surface area (Å²) in [6, 6.07) is 9.89. The third-order valence-corrected chi connectivity index (χ3v) is 3.36. The van der Waals surface area contributed by atoms with Gasteiger partial charge in [0.1, 0.15) is 12.4 Å². The van der Waals surface area contributed by atoms with Crippen molar-refractivity contribution in [2.75, 3.05) is 13.2 Å². The van der Waals surface area contributed by atoms with Crippen LogP contribution in [0.15, 0.2) is 41.0 Å². The molecule has 0 unspecified atom stereocenters. The summed E-state index contributed by atoms with van der Waals surface area (Å²) in [4.78, 5) is 0. The fourth-order valence-corrected chi connectivity index (χ4v) is 2.07. The second-order valence-electron chi connectivity index (χ2n) is 4.55. The molecule has 2 rings (SSSR count). The van der Waals surface area contributed by atoms with Gasteiger partial charge in [-0.15, -0.1) is 0 Å². The van der Waals surface area contributed by atoms with E-state index in [0.717, 1.165) is 42.0 Å². The van der Waals surface area contributed by atoms with Crippen LogP contribution in [0.3, 0.4) is 0 Å². The zero-order valence-electron chi connectivity index (χ0n) is 11.7. The molecule has 1 aromatic heterocycles. The maximum atomic E-state index is 5.68. The predicted octanol–water partition coefficient (Wildman–Crippen LogP) is 3.22. The lowest BCUT2D eigenvalue weighted by atomic mass is 10.3. The molecule has 2 aromatic rings. The molecule has 4 nitrogen and oxygen atoms in total. The van der Waals surface area contributed by atoms with Gasteiger partial charge in [-0.25, -0.2) is 0 Å². The molecule has 0 saturated carbocycles. The Hall–Kier alpha value is -1.33. The van der Waals surface area contributed by atoms with Crippen molar-refractivity contribution in [1.29, 1.82) is 0 Å². The summed E-state index contributed by atoms with van der Waals surface area (Å²) in [7, 11) is 0. The van der Waals surface area contributed by atoms with E-state index in [9.17, 15) is 0 Å². The number of ether oxygens (including phenoxy) is 1. The maximum Gasteiger partial charge on any atom is 0.119 e. The van der Waals surface area contributed by atoms with Crippen LogP contribution in [0.25, 0.3) is 0 Å². The van der Waals surface area contributed by atoms with Crippen LogP contribution in [0.5, 0.6) is 5.75 Å². The first-order valence-electron chi connectivity index (χ1n) is 6.89. The molecule has 0 spiro atoms. The highest BCUT2D eigenvalue weighted by atomic mass is 79.9. The Balaban J connectivity index is 1.72. The van der Waals surface area contributed by atoms with Gasteiger partial charge in [0.15, 0.2) is 0 Å². The quantitative estimate of drug-likeness (QED) is 0.751. The molecule has 5 heteroatoms. The summed E-state index contributed by atoms with van der Waals surface area (Å²) >= 11 is 3.40. The number of benzene rings is 1. The maximum absolute atomic E-state index is 5.68. The smallest absolute Gasteiger partial charge is 0.119 e. The normalized spacial score (nSPS) is 10.7. The minimum Gasteiger partial charge on any atom is -0.492 e. The van der Waals surface area contributed by atoms with Crippen molar-refractivity contribution in [2.24, 2.45) is 0 Å². The van der Waals surface area contributed by atoms with Gasteiger partial charge >= 0.3 is 0 Å². The van der Waals surface area contributed by atoms with Crippen molar-refractivity contribution in [1.82, 2.24) is 15.1 Å². The second-order valence-corrected chi connectivity index (χ2v) is 5.46. The number of nitrogens with zero attached hydrogens (tertiary/aromatic N) is 2. The molecular weight excluding hydrogens is 318 g/mol. The van der Waals surface area contributed by atoms with Crippen LogP contribution in [0.2, 0.25) is 0 Å². The van der Waals surface area contributed by atoms with E-state index in [2.05, 4.69) is 33.3 Å². The van der Waals surface area contributed by atoms with Crippen molar-refractivity contribution in [3.05, 3.63) is 46.7 Å². The zero-order chi connectivity index (χ0) is 14.2. The molecule has 1 aromatic carbocycles. The first-order chi connectivity index (χ1) is 9.78. The minimum absolute atomic E-state index is 0.616. The van der Waals surface area contributed by atoms with E-state index in [0.29, 0.717) is 6.61 Å². The molecule has 0 fully saturated rings. The average Bonchev–Trinajstić information content (AvgIpc) is 2.89. The van der Waals surface area contributed by atoms with Gasteiger partial charge in [-0.3, -0.25) is 4.68 Å². The number of nitrogens with one attached hydrogen (secondary N) is 1. The lowest BCUT2D eigenvalue weighted by Gasteiger charge is -2.06. The van der Waals surface area contributed by atoms with Gasteiger partial charge in [0.2, 0.25) is 0 Å². The lowest BCUT2D eigenvalue weighted by molar-refractivity contribution is 0.291. The van der Waals surface area contributed by atoms with Crippen LogP contribution in [0.1, 0.15) is 19.0 Å². The Bertz CT molecular complexity index is 510. The van der Waals surface area contributed by atoms with E-state index in [-0.39, 0.29) is 0 Å².